The number of para-hydroxylation sites is 1. The third-order valence-electron chi connectivity index (χ3n) is 4.61. The van der Waals surface area contributed by atoms with E-state index in [1.807, 2.05) is 32.0 Å². The Balaban J connectivity index is 1.70. The fourth-order valence-corrected chi connectivity index (χ4v) is 2.80. The van der Waals surface area contributed by atoms with Crippen LogP contribution < -0.4 is 5.32 Å². The number of hydrogen-bond donors (Lipinski definition) is 1. The molecule has 2 aromatic heterocycles. The Morgan fingerprint density at radius 3 is 2.70 bits per heavy atom. The van der Waals surface area contributed by atoms with Crippen molar-refractivity contribution in [2.24, 2.45) is 0 Å². The minimum atomic E-state index is -0.981. The van der Waals surface area contributed by atoms with Gasteiger partial charge in [0.25, 0.3) is 5.91 Å². The molecule has 2 atom stereocenters. The van der Waals surface area contributed by atoms with Crippen molar-refractivity contribution in [3.05, 3.63) is 47.9 Å². The normalized spacial score (nSPS) is 13.3. The Labute approximate surface area is 157 Å². The van der Waals surface area contributed by atoms with Crippen molar-refractivity contribution in [3.63, 3.8) is 0 Å². The molecule has 7 heteroatoms. The Morgan fingerprint density at radius 1 is 1.26 bits per heavy atom. The number of nitrogens with zero attached hydrogens (tertiary/aromatic N) is 2. The first kappa shape index (κ1) is 18.7. The number of carbonyl (C=O) groups is 2. The van der Waals surface area contributed by atoms with Crippen LogP contribution in [0.25, 0.3) is 11.0 Å². The molecule has 3 rings (SSSR count). The summed E-state index contributed by atoms with van der Waals surface area (Å²) in [5.41, 5.74) is 1.30. The van der Waals surface area contributed by atoms with E-state index in [0.717, 1.165) is 11.8 Å². The molecule has 0 fully saturated rings. The van der Waals surface area contributed by atoms with Crippen molar-refractivity contribution in [2.45, 2.75) is 46.3 Å². The number of esters is 1. The Kier molecular flexibility index (Phi) is 5.30. The molecule has 3 aromatic rings. The number of aromatic nitrogens is 2. The summed E-state index contributed by atoms with van der Waals surface area (Å²) < 4.78 is 12.6. The van der Waals surface area contributed by atoms with E-state index in [2.05, 4.69) is 10.4 Å². The molecule has 0 saturated carbocycles. The van der Waals surface area contributed by atoms with Gasteiger partial charge in [-0.25, -0.2) is 9.48 Å². The van der Waals surface area contributed by atoms with E-state index in [4.69, 9.17) is 9.15 Å². The largest absolute Gasteiger partial charge is 0.449 e. The van der Waals surface area contributed by atoms with Gasteiger partial charge >= 0.3 is 5.97 Å². The molecule has 27 heavy (non-hydrogen) atoms. The summed E-state index contributed by atoms with van der Waals surface area (Å²) in [5, 5.41) is 7.83. The topological polar surface area (TPSA) is 86.4 Å². The highest BCUT2D eigenvalue weighted by atomic mass is 16.6. The lowest BCUT2D eigenvalue weighted by molar-refractivity contribution is -0.123. The number of aryl methyl sites for hydroxylation is 1. The fourth-order valence-electron chi connectivity index (χ4n) is 2.80. The fraction of sp³-hybridized carbons (Fsp3) is 0.350. The third-order valence-corrected chi connectivity index (χ3v) is 4.61. The van der Waals surface area contributed by atoms with Gasteiger partial charge in [-0.2, -0.15) is 5.10 Å². The second kappa shape index (κ2) is 7.65. The predicted octanol–water partition coefficient (Wildman–Crippen LogP) is 4.09. The summed E-state index contributed by atoms with van der Waals surface area (Å²) >= 11 is 0. The van der Waals surface area contributed by atoms with Crippen LogP contribution in [0, 0.1) is 6.92 Å². The standard InChI is InChI=1S/C20H23N3O4/c1-5-12(2)23-17(10-11-21-23)22-19(24)14(4)26-20(25)18-13(3)15-8-6-7-9-16(15)27-18/h6-12,14H,5H2,1-4H3,(H,22,24)/t12-,14-/m1/s1. The lowest BCUT2D eigenvalue weighted by Gasteiger charge is -2.16. The van der Waals surface area contributed by atoms with Gasteiger partial charge in [0.2, 0.25) is 5.76 Å². The Morgan fingerprint density at radius 2 is 2.00 bits per heavy atom. The number of rotatable bonds is 6. The van der Waals surface area contributed by atoms with Crippen LogP contribution >= 0.6 is 0 Å². The number of carbonyl (C=O) groups excluding carboxylic acids is 2. The summed E-state index contributed by atoms with van der Waals surface area (Å²) in [7, 11) is 0. The van der Waals surface area contributed by atoms with Gasteiger partial charge in [-0.05, 0) is 33.3 Å². The number of anilines is 1. The highest BCUT2D eigenvalue weighted by molar-refractivity contribution is 5.99. The van der Waals surface area contributed by atoms with Gasteiger partial charge in [-0.3, -0.25) is 4.79 Å². The van der Waals surface area contributed by atoms with Crippen LogP contribution in [0.1, 0.15) is 49.4 Å². The third kappa shape index (κ3) is 3.72. The predicted molar refractivity (Wildman–Crippen MR) is 102 cm³/mol. The molecule has 0 aliphatic carbocycles. The number of benzene rings is 1. The van der Waals surface area contributed by atoms with E-state index in [-0.39, 0.29) is 11.8 Å². The Hall–Kier alpha value is -3.09. The van der Waals surface area contributed by atoms with Crippen LogP contribution in [0.4, 0.5) is 5.82 Å². The van der Waals surface area contributed by atoms with E-state index in [1.165, 1.54) is 6.92 Å². The quantitative estimate of drug-likeness (QED) is 0.661. The molecule has 1 amide bonds. The second-order valence-corrected chi connectivity index (χ2v) is 6.51. The van der Waals surface area contributed by atoms with Gasteiger partial charge in [0.05, 0.1) is 12.2 Å². The summed E-state index contributed by atoms with van der Waals surface area (Å²) in [6, 6.07) is 9.21. The van der Waals surface area contributed by atoms with Gasteiger partial charge in [-0.1, -0.05) is 25.1 Å². The van der Waals surface area contributed by atoms with E-state index in [9.17, 15) is 9.59 Å². The molecular formula is C20H23N3O4. The molecular weight excluding hydrogens is 346 g/mol. The molecule has 1 aromatic carbocycles. The van der Waals surface area contributed by atoms with Crippen molar-refractivity contribution >= 4 is 28.7 Å². The minimum Gasteiger partial charge on any atom is -0.449 e. The van der Waals surface area contributed by atoms with Crippen LogP contribution in [0.15, 0.2) is 40.9 Å². The molecule has 0 unspecified atom stereocenters. The number of amides is 1. The molecule has 0 aliphatic heterocycles. The van der Waals surface area contributed by atoms with E-state index in [0.29, 0.717) is 17.0 Å². The SMILES string of the molecule is CC[C@@H](C)n1nccc1NC(=O)[C@@H](C)OC(=O)c1oc2ccccc2c1C. The smallest absolute Gasteiger partial charge is 0.375 e. The highest BCUT2D eigenvalue weighted by Gasteiger charge is 2.25. The van der Waals surface area contributed by atoms with E-state index in [1.54, 1.807) is 29.9 Å². The molecule has 0 bridgehead atoms. The zero-order valence-corrected chi connectivity index (χ0v) is 15.9. The van der Waals surface area contributed by atoms with Crippen LogP contribution in [-0.4, -0.2) is 27.8 Å². The second-order valence-electron chi connectivity index (χ2n) is 6.51. The zero-order chi connectivity index (χ0) is 19.6. The maximum Gasteiger partial charge on any atom is 0.375 e. The average Bonchev–Trinajstić information content (AvgIpc) is 3.26. The van der Waals surface area contributed by atoms with Gasteiger partial charge < -0.3 is 14.5 Å². The summed E-state index contributed by atoms with van der Waals surface area (Å²) in [6.07, 6.45) is 1.52. The van der Waals surface area contributed by atoms with Gasteiger partial charge in [0.15, 0.2) is 6.10 Å². The monoisotopic (exact) mass is 369 g/mol. The summed E-state index contributed by atoms with van der Waals surface area (Å²) in [6.45, 7) is 7.36. The molecule has 7 nitrogen and oxygen atoms in total. The van der Waals surface area contributed by atoms with Crippen molar-refractivity contribution in [1.29, 1.82) is 0 Å². The zero-order valence-electron chi connectivity index (χ0n) is 15.9. The first-order valence-corrected chi connectivity index (χ1v) is 8.95. The Bertz CT molecular complexity index is 973. The molecule has 0 aliphatic rings. The lowest BCUT2D eigenvalue weighted by atomic mass is 10.1. The van der Waals surface area contributed by atoms with Crippen LogP contribution in [-0.2, 0) is 9.53 Å². The molecule has 0 radical (unpaired) electrons. The van der Waals surface area contributed by atoms with Gasteiger partial charge in [0.1, 0.15) is 11.4 Å². The van der Waals surface area contributed by atoms with Gasteiger partial charge in [-0.15, -0.1) is 0 Å². The maximum atomic E-state index is 12.5. The summed E-state index contributed by atoms with van der Waals surface area (Å²) in [4.78, 5) is 24.9. The van der Waals surface area contributed by atoms with Crippen molar-refractivity contribution in [1.82, 2.24) is 9.78 Å². The van der Waals surface area contributed by atoms with Crippen LogP contribution in [0.5, 0.6) is 0 Å². The highest BCUT2D eigenvalue weighted by Crippen LogP contribution is 2.26. The first-order chi connectivity index (χ1) is 12.9. The lowest BCUT2D eigenvalue weighted by Crippen LogP contribution is -2.31. The molecule has 0 spiro atoms. The van der Waals surface area contributed by atoms with Crippen molar-refractivity contribution in [3.8, 4) is 0 Å². The minimum absolute atomic E-state index is 0.112. The van der Waals surface area contributed by atoms with Crippen molar-refractivity contribution < 1.29 is 18.7 Å². The van der Waals surface area contributed by atoms with Crippen LogP contribution in [0.2, 0.25) is 0 Å². The number of fused-ring (bicyclic) bond motifs is 1. The van der Waals surface area contributed by atoms with Gasteiger partial charge in [0, 0.05) is 17.0 Å². The van der Waals surface area contributed by atoms with E-state index >= 15 is 0 Å². The molecule has 1 N–H and O–H groups in total. The first-order valence-electron chi connectivity index (χ1n) is 8.95. The number of furan rings is 1. The average molecular weight is 369 g/mol. The van der Waals surface area contributed by atoms with Crippen LogP contribution in [0.3, 0.4) is 0 Å². The number of hydrogen-bond acceptors (Lipinski definition) is 5. The summed E-state index contributed by atoms with van der Waals surface area (Å²) in [5.74, 6) is -0.415. The number of nitrogens with one attached hydrogen (secondary N) is 1. The maximum absolute atomic E-state index is 12.5. The molecule has 142 valence electrons. The van der Waals surface area contributed by atoms with E-state index < -0.39 is 18.0 Å². The van der Waals surface area contributed by atoms with Crippen molar-refractivity contribution in [2.75, 3.05) is 5.32 Å². The number of ether oxygens (including phenoxy) is 1. The molecule has 0 saturated heterocycles. The molecule has 2 heterocycles.